The van der Waals surface area contributed by atoms with Gasteiger partial charge in [-0.25, -0.2) is 4.99 Å². The van der Waals surface area contributed by atoms with Crippen molar-refractivity contribution in [1.29, 1.82) is 0 Å². The first-order valence-electron chi connectivity index (χ1n) is 8.36. The lowest BCUT2D eigenvalue weighted by Gasteiger charge is -2.18. The number of benzene rings is 1. The van der Waals surface area contributed by atoms with Gasteiger partial charge in [0.2, 0.25) is 5.91 Å². The number of aliphatic imine (C=N–C) groups is 1. The summed E-state index contributed by atoms with van der Waals surface area (Å²) >= 11 is 0. The molecule has 0 spiro atoms. The van der Waals surface area contributed by atoms with Gasteiger partial charge in [-0.1, -0.05) is 0 Å². The van der Waals surface area contributed by atoms with Crippen molar-refractivity contribution in [3.63, 3.8) is 0 Å². The van der Waals surface area contributed by atoms with Crippen molar-refractivity contribution in [2.45, 2.75) is 38.5 Å². The summed E-state index contributed by atoms with van der Waals surface area (Å²) in [7, 11) is 1.41. The summed E-state index contributed by atoms with van der Waals surface area (Å²) < 4.78 is 10.4. The molecule has 1 aromatic rings. The second-order valence-electron chi connectivity index (χ2n) is 6.18. The number of rotatable bonds is 7. The lowest BCUT2D eigenvalue weighted by atomic mass is 9.93. The third kappa shape index (κ3) is 3.93. The fourth-order valence-corrected chi connectivity index (χ4v) is 3.06. The van der Waals surface area contributed by atoms with E-state index in [-0.39, 0.29) is 17.8 Å². The molecular weight excluding hydrogens is 308 g/mol. The molecule has 2 aliphatic heterocycles. The average molecular weight is 330 g/mol. The van der Waals surface area contributed by atoms with E-state index in [4.69, 9.17) is 4.74 Å². The van der Waals surface area contributed by atoms with E-state index in [1.54, 1.807) is 0 Å². The number of carbonyl (C=O) groups is 2. The van der Waals surface area contributed by atoms with Crippen LogP contribution < -0.4 is 10.1 Å². The monoisotopic (exact) mass is 330 g/mol. The molecule has 2 aliphatic rings. The van der Waals surface area contributed by atoms with E-state index in [1.807, 2.05) is 18.2 Å². The van der Waals surface area contributed by atoms with Crippen LogP contribution in [0.2, 0.25) is 0 Å². The van der Waals surface area contributed by atoms with Crippen molar-refractivity contribution in [3.05, 3.63) is 23.8 Å². The predicted molar refractivity (Wildman–Crippen MR) is 89.5 cm³/mol. The highest BCUT2D eigenvalue weighted by Crippen LogP contribution is 2.34. The van der Waals surface area contributed by atoms with Gasteiger partial charge in [0, 0.05) is 18.8 Å². The fourth-order valence-electron chi connectivity index (χ4n) is 3.06. The molecule has 2 heterocycles. The van der Waals surface area contributed by atoms with E-state index in [0.717, 1.165) is 48.5 Å². The Morgan fingerprint density at radius 2 is 2.17 bits per heavy atom. The molecule has 1 N–H and O–H groups in total. The highest BCUT2D eigenvalue weighted by atomic mass is 16.5. The van der Waals surface area contributed by atoms with Crippen LogP contribution in [0, 0.1) is 5.92 Å². The Morgan fingerprint density at radius 3 is 3.00 bits per heavy atom. The number of unbranched alkanes of at least 4 members (excludes halogenated alkanes) is 2. The molecule has 0 aliphatic carbocycles. The summed E-state index contributed by atoms with van der Waals surface area (Å²) in [4.78, 5) is 27.0. The van der Waals surface area contributed by atoms with E-state index < -0.39 is 0 Å². The number of nitrogens with zero attached hydrogens (tertiary/aromatic N) is 1. The average Bonchev–Trinajstić information content (AvgIpc) is 2.94. The van der Waals surface area contributed by atoms with Crippen LogP contribution in [-0.4, -0.2) is 31.4 Å². The Bertz CT molecular complexity index is 669. The zero-order valence-electron chi connectivity index (χ0n) is 13.8. The van der Waals surface area contributed by atoms with Crippen LogP contribution >= 0.6 is 0 Å². The number of amidine groups is 1. The van der Waals surface area contributed by atoms with Crippen molar-refractivity contribution < 1.29 is 19.1 Å². The zero-order chi connectivity index (χ0) is 16.9. The van der Waals surface area contributed by atoms with E-state index in [0.29, 0.717) is 19.4 Å². The topological polar surface area (TPSA) is 77.0 Å². The number of fused-ring (bicyclic) bond motifs is 2. The van der Waals surface area contributed by atoms with Gasteiger partial charge in [0.1, 0.15) is 11.6 Å². The molecule has 1 saturated heterocycles. The van der Waals surface area contributed by atoms with Gasteiger partial charge in [0.15, 0.2) is 0 Å². The molecule has 6 nitrogen and oxygen atoms in total. The molecule has 1 aromatic carbocycles. The van der Waals surface area contributed by atoms with Crippen molar-refractivity contribution >= 4 is 23.4 Å². The van der Waals surface area contributed by atoms with Gasteiger partial charge >= 0.3 is 5.97 Å². The van der Waals surface area contributed by atoms with Crippen molar-refractivity contribution in [1.82, 2.24) is 5.32 Å². The Hall–Kier alpha value is -2.37. The molecule has 0 bridgehead atoms. The summed E-state index contributed by atoms with van der Waals surface area (Å²) in [6.07, 6.45) is 4.46. The number of esters is 1. The highest BCUT2D eigenvalue weighted by molar-refractivity contribution is 6.08. The first-order chi connectivity index (χ1) is 11.7. The predicted octanol–water partition coefficient (Wildman–Crippen LogP) is 2.52. The van der Waals surface area contributed by atoms with Gasteiger partial charge < -0.3 is 14.8 Å². The van der Waals surface area contributed by atoms with Gasteiger partial charge in [-0.05, 0) is 49.4 Å². The number of methoxy groups -OCH3 is 1. The maximum Gasteiger partial charge on any atom is 0.305 e. The quantitative estimate of drug-likeness (QED) is 0.615. The molecule has 1 unspecified atom stereocenters. The van der Waals surface area contributed by atoms with E-state index in [2.05, 4.69) is 15.0 Å². The zero-order valence-corrected chi connectivity index (χ0v) is 13.8. The minimum Gasteiger partial charge on any atom is -0.494 e. The van der Waals surface area contributed by atoms with Crippen LogP contribution in [0.1, 0.15) is 37.7 Å². The maximum atomic E-state index is 11.5. The summed E-state index contributed by atoms with van der Waals surface area (Å²) in [6, 6.07) is 5.87. The van der Waals surface area contributed by atoms with Crippen LogP contribution in [0.25, 0.3) is 0 Å². The molecule has 0 radical (unpaired) electrons. The maximum absolute atomic E-state index is 11.5. The summed E-state index contributed by atoms with van der Waals surface area (Å²) in [5.41, 5.74) is 2.04. The number of amides is 1. The molecule has 0 aromatic heterocycles. The second-order valence-corrected chi connectivity index (χ2v) is 6.18. The Morgan fingerprint density at radius 1 is 1.29 bits per heavy atom. The smallest absolute Gasteiger partial charge is 0.305 e. The number of hydrogen-bond acceptors (Lipinski definition) is 5. The van der Waals surface area contributed by atoms with Crippen molar-refractivity contribution in [2.24, 2.45) is 10.9 Å². The third-order valence-electron chi connectivity index (χ3n) is 4.37. The molecule has 0 saturated carbocycles. The SMILES string of the molecule is COC(=O)CCCCCOc1ccc2c(c1)CC1CC(=O)NC1=N2. The van der Waals surface area contributed by atoms with E-state index in [1.165, 1.54) is 7.11 Å². The summed E-state index contributed by atoms with van der Waals surface area (Å²) in [5.74, 6) is 1.70. The van der Waals surface area contributed by atoms with Crippen LogP contribution in [0.5, 0.6) is 5.75 Å². The van der Waals surface area contributed by atoms with Crippen molar-refractivity contribution in [3.8, 4) is 5.75 Å². The van der Waals surface area contributed by atoms with Gasteiger partial charge in [0.05, 0.1) is 19.4 Å². The number of ether oxygens (including phenoxy) is 2. The summed E-state index contributed by atoms with van der Waals surface area (Å²) in [5, 5.41) is 2.82. The number of hydrogen-bond donors (Lipinski definition) is 1. The van der Waals surface area contributed by atoms with Crippen LogP contribution in [0.3, 0.4) is 0 Å². The van der Waals surface area contributed by atoms with E-state index in [9.17, 15) is 9.59 Å². The second kappa shape index (κ2) is 7.47. The molecule has 1 atom stereocenters. The van der Waals surface area contributed by atoms with Crippen LogP contribution in [0.4, 0.5) is 5.69 Å². The number of nitrogens with one attached hydrogen (secondary N) is 1. The molecule has 3 rings (SSSR count). The van der Waals surface area contributed by atoms with Gasteiger partial charge in [-0.15, -0.1) is 0 Å². The first-order valence-corrected chi connectivity index (χ1v) is 8.36. The van der Waals surface area contributed by atoms with Crippen LogP contribution in [0.15, 0.2) is 23.2 Å². The standard InChI is InChI=1S/C18H22N2O4/c1-23-17(22)5-3-2-4-8-24-14-6-7-15-12(10-14)9-13-11-16(21)20-18(13)19-15/h6-7,10,13H,2-5,8-9,11H2,1H3,(H,19,20,21). The Labute approximate surface area is 141 Å². The molecule has 24 heavy (non-hydrogen) atoms. The van der Waals surface area contributed by atoms with Gasteiger partial charge in [-0.2, -0.15) is 0 Å². The Balaban J connectivity index is 1.47. The molecule has 1 fully saturated rings. The van der Waals surface area contributed by atoms with Gasteiger partial charge in [-0.3, -0.25) is 9.59 Å². The minimum absolute atomic E-state index is 0.0509. The minimum atomic E-state index is -0.162. The Kier molecular flexibility index (Phi) is 5.13. The highest BCUT2D eigenvalue weighted by Gasteiger charge is 2.32. The fraction of sp³-hybridized carbons (Fsp3) is 0.500. The molecule has 128 valence electrons. The van der Waals surface area contributed by atoms with E-state index >= 15 is 0 Å². The molecule has 1 amide bonds. The van der Waals surface area contributed by atoms with Gasteiger partial charge in [0.25, 0.3) is 0 Å². The normalized spacial score (nSPS) is 18.3. The lowest BCUT2D eigenvalue weighted by molar-refractivity contribution is -0.140. The van der Waals surface area contributed by atoms with Crippen LogP contribution in [-0.2, 0) is 20.7 Å². The number of carbonyl (C=O) groups excluding carboxylic acids is 2. The molecular formula is C18H22N2O4. The molecule has 6 heteroatoms. The first kappa shape index (κ1) is 16.5. The lowest BCUT2D eigenvalue weighted by Crippen LogP contribution is -2.25. The van der Waals surface area contributed by atoms with Crippen molar-refractivity contribution in [2.75, 3.05) is 13.7 Å². The largest absolute Gasteiger partial charge is 0.494 e. The third-order valence-corrected chi connectivity index (χ3v) is 4.37. The summed E-state index contributed by atoms with van der Waals surface area (Å²) in [6.45, 7) is 0.623.